The van der Waals surface area contributed by atoms with Crippen LogP contribution in [0.2, 0.25) is 0 Å². The van der Waals surface area contributed by atoms with Crippen molar-refractivity contribution in [3.63, 3.8) is 0 Å². The number of rotatable bonds is 3. The van der Waals surface area contributed by atoms with Crippen molar-refractivity contribution in [2.75, 3.05) is 0 Å². The van der Waals surface area contributed by atoms with Crippen LogP contribution in [-0.4, -0.2) is 24.7 Å². The van der Waals surface area contributed by atoms with E-state index in [0.717, 1.165) is 35.6 Å². The maximum absolute atomic E-state index is 12.8. The van der Waals surface area contributed by atoms with Crippen LogP contribution in [0.4, 0.5) is 13.2 Å². The van der Waals surface area contributed by atoms with Crippen LogP contribution in [0.1, 0.15) is 23.2 Å². The number of alkyl halides is 3. The van der Waals surface area contributed by atoms with Crippen LogP contribution in [0.3, 0.4) is 0 Å². The van der Waals surface area contributed by atoms with Gasteiger partial charge in [0.05, 0.1) is 15.6 Å². The summed E-state index contributed by atoms with van der Waals surface area (Å²) < 4.78 is 63.5. The van der Waals surface area contributed by atoms with Crippen LogP contribution in [0, 0.1) is 13.8 Å². The van der Waals surface area contributed by atoms with Crippen molar-refractivity contribution in [1.29, 1.82) is 0 Å². The number of aromatic nitrogens is 1. The molecule has 1 aromatic heterocycles. The highest BCUT2D eigenvalue weighted by Crippen LogP contribution is 2.39. The van der Waals surface area contributed by atoms with Crippen molar-refractivity contribution in [1.82, 2.24) is 4.98 Å². The Morgan fingerprint density at radius 3 is 2.04 bits per heavy atom. The van der Waals surface area contributed by atoms with Crippen molar-refractivity contribution in [3.8, 4) is 0 Å². The van der Waals surface area contributed by atoms with Gasteiger partial charge in [0.15, 0.2) is 5.60 Å². The minimum atomic E-state index is -4.86. The average molecular weight is 365 g/mol. The van der Waals surface area contributed by atoms with Gasteiger partial charge in [0.25, 0.3) is 0 Å². The highest BCUT2D eigenvalue weighted by atomic mass is 32.2. The van der Waals surface area contributed by atoms with Gasteiger partial charge in [-0.15, -0.1) is 11.3 Å². The van der Waals surface area contributed by atoms with Crippen molar-refractivity contribution in [3.05, 3.63) is 40.5 Å². The Morgan fingerprint density at radius 1 is 1.13 bits per heavy atom. The summed E-state index contributed by atoms with van der Waals surface area (Å²) in [5.74, 6) is 0. The second kappa shape index (κ2) is 5.57. The summed E-state index contributed by atoms with van der Waals surface area (Å²) in [4.78, 5) is 3.90. The van der Waals surface area contributed by atoms with E-state index < -0.39 is 27.2 Å². The van der Waals surface area contributed by atoms with Gasteiger partial charge >= 0.3 is 6.18 Å². The number of thiazole rings is 1. The average Bonchev–Trinajstić information content (AvgIpc) is 2.77. The molecule has 9 heteroatoms. The van der Waals surface area contributed by atoms with Crippen LogP contribution in [0.5, 0.6) is 0 Å². The number of hydrogen-bond donors (Lipinski definition) is 1. The number of aliphatic hydroxyl groups is 1. The zero-order chi connectivity index (χ0) is 17.6. The second-order valence-electron chi connectivity index (χ2n) is 5.20. The summed E-state index contributed by atoms with van der Waals surface area (Å²) >= 11 is 1.00. The van der Waals surface area contributed by atoms with E-state index in [2.05, 4.69) is 4.98 Å². The SMILES string of the molecule is Cc1nc(C)c(S(=O)(=O)c2ccc(C(C)(O)C(F)(F)F)cc2)s1. The van der Waals surface area contributed by atoms with Crippen LogP contribution in [0.15, 0.2) is 33.4 Å². The summed E-state index contributed by atoms with van der Waals surface area (Å²) in [7, 11) is -3.85. The summed E-state index contributed by atoms with van der Waals surface area (Å²) in [6.45, 7) is 3.84. The molecule has 1 N–H and O–H groups in total. The molecule has 0 bridgehead atoms. The van der Waals surface area contributed by atoms with E-state index in [4.69, 9.17) is 0 Å². The summed E-state index contributed by atoms with van der Waals surface area (Å²) in [6.07, 6.45) is -4.86. The van der Waals surface area contributed by atoms with Gasteiger partial charge < -0.3 is 5.11 Å². The standard InChI is InChI=1S/C14H14F3NO3S2/c1-8-12(22-9(2)18-8)23(20,21)11-6-4-10(5-7-11)13(3,19)14(15,16)17/h4-7,19H,1-3H3. The Morgan fingerprint density at radius 2 is 1.65 bits per heavy atom. The molecule has 2 aromatic rings. The van der Waals surface area contributed by atoms with Crippen molar-refractivity contribution in [2.45, 2.75) is 41.7 Å². The van der Waals surface area contributed by atoms with Crippen LogP contribution < -0.4 is 0 Å². The first-order chi connectivity index (χ1) is 10.4. The van der Waals surface area contributed by atoms with E-state index in [-0.39, 0.29) is 9.10 Å². The Balaban J connectivity index is 2.46. The molecule has 0 fully saturated rings. The van der Waals surface area contributed by atoms with Crippen molar-refractivity contribution >= 4 is 21.2 Å². The van der Waals surface area contributed by atoms with Gasteiger partial charge in [0.2, 0.25) is 9.84 Å². The maximum atomic E-state index is 12.8. The minimum absolute atomic E-state index is 0.0605. The van der Waals surface area contributed by atoms with E-state index in [1.165, 1.54) is 0 Å². The Hall–Kier alpha value is -1.45. The van der Waals surface area contributed by atoms with E-state index >= 15 is 0 Å². The van der Waals surface area contributed by atoms with Gasteiger partial charge in [-0.05, 0) is 38.5 Å². The second-order valence-corrected chi connectivity index (χ2v) is 8.55. The fraction of sp³-hybridized carbons (Fsp3) is 0.357. The Labute approximate surface area is 135 Å². The first-order valence-electron chi connectivity index (χ1n) is 6.46. The van der Waals surface area contributed by atoms with Gasteiger partial charge in [-0.3, -0.25) is 0 Å². The molecule has 4 nitrogen and oxygen atoms in total. The predicted molar refractivity (Wildman–Crippen MR) is 79.1 cm³/mol. The first-order valence-corrected chi connectivity index (χ1v) is 8.76. The minimum Gasteiger partial charge on any atom is -0.376 e. The molecule has 0 aliphatic rings. The number of aryl methyl sites for hydroxylation is 2. The van der Waals surface area contributed by atoms with Gasteiger partial charge in [-0.25, -0.2) is 13.4 Å². The van der Waals surface area contributed by atoms with Gasteiger partial charge in [0.1, 0.15) is 4.21 Å². The van der Waals surface area contributed by atoms with E-state index in [9.17, 15) is 26.7 Å². The molecule has 0 aliphatic carbocycles. The topological polar surface area (TPSA) is 67.3 Å². The van der Waals surface area contributed by atoms with Crippen LogP contribution in [-0.2, 0) is 15.4 Å². The number of hydrogen-bond acceptors (Lipinski definition) is 5. The smallest absolute Gasteiger partial charge is 0.376 e. The molecular weight excluding hydrogens is 351 g/mol. The number of halogens is 3. The highest BCUT2D eigenvalue weighted by molar-refractivity contribution is 7.93. The lowest BCUT2D eigenvalue weighted by atomic mass is 9.96. The monoisotopic (exact) mass is 365 g/mol. The lowest BCUT2D eigenvalue weighted by Gasteiger charge is -2.26. The maximum Gasteiger partial charge on any atom is 0.421 e. The van der Waals surface area contributed by atoms with Gasteiger partial charge in [0, 0.05) is 0 Å². The van der Waals surface area contributed by atoms with E-state index in [0.29, 0.717) is 17.6 Å². The molecule has 1 atom stereocenters. The lowest BCUT2D eigenvalue weighted by molar-refractivity contribution is -0.258. The molecule has 23 heavy (non-hydrogen) atoms. The molecule has 1 heterocycles. The largest absolute Gasteiger partial charge is 0.421 e. The van der Waals surface area contributed by atoms with E-state index in [1.807, 2.05) is 0 Å². The van der Waals surface area contributed by atoms with Crippen molar-refractivity contribution < 1.29 is 26.7 Å². The normalized spacial score (nSPS) is 15.4. The summed E-state index contributed by atoms with van der Waals surface area (Å²) in [6, 6.07) is 4.03. The Bertz CT molecular complexity index is 822. The molecule has 0 spiro atoms. The predicted octanol–water partition coefficient (Wildman–Crippen LogP) is 3.36. The Kier molecular flexibility index (Phi) is 4.33. The molecule has 0 saturated carbocycles. The van der Waals surface area contributed by atoms with Gasteiger partial charge in [-0.2, -0.15) is 13.2 Å². The zero-order valence-corrected chi connectivity index (χ0v) is 14.1. The third-order valence-corrected chi connectivity index (χ3v) is 6.84. The van der Waals surface area contributed by atoms with Crippen molar-refractivity contribution in [2.24, 2.45) is 0 Å². The number of sulfone groups is 1. The highest BCUT2D eigenvalue weighted by Gasteiger charge is 2.51. The van der Waals surface area contributed by atoms with E-state index in [1.54, 1.807) is 13.8 Å². The molecule has 0 saturated heterocycles. The molecule has 126 valence electrons. The fourth-order valence-corrected chi connectivity index (χ4v) is 4.87. The quantitative estimate of drug-likeness (QED) is 0.906. The summed E-state index contributed by atoms with van der Waals surface area (Å²) in [5, 5.41) is 10.2. The number of benzene rings is 1. The molecule has 0 radical (unpaired) electrons. The fourth-order valence-electron chi connectivity index (χ4n) is 1.99. The summed E-state index contributed by atoms with van der Waals surface area (Å²) in [5.41, 5.74) is -3.13. The number of nitrogens with zero attached hydrogens (tertiary/aromatic N) is 1. The molecular formula is C14H14F3NO3S2. The molecule has 1 aromatic carbocycles. The molecule has 1 unspecified atom stereocenters. The van der Waals surface area contributed by atoms with Crippen LogP contribution in [0.25, 0.3) is 0 Å². The third kappa shape index (κ3) is 3.13. The van der Waals surface area contributed by atoms with Crippen LogP contribution >= 0.6 is 11.3 Å². The molecule has 2 rings (SSSR count). The third-order valence-electron chi connectivity index (χ3n) is 3.38. The first kappa shape index (κ1) is 17.9. The zero-order valence-electron chi connectivity index (χ0n) is 12.5. The molecule has 0 amide bonds. The van der Waals surface area contributed by atoms with Gasteiger partial charge in [-0.1, -0.05) is 12.1 Å². The lowest BCUT2D eigenvalue weighted by Crippen LogP contribution is -2.39. The molecule has 0 aliphatic heterocycles.